The summed E-state index contributed by atoms with van der Waals surface area (Å²) in [5.74, 6) is -0.140. The number of nitrogens with zero attached hydrogens (tertiary/aromatic N) is 1. The normalized spacial score (nSPS) is 10.6. The highest BCUT2D eigenvalue weighted by atomic mass is 79.9. The van der Waals surface area contributed by atoms with Crippen molar-refractivity contribution in [1.29, 1.82) is 0 Å². The number of aromatic carboxylic acids is 1. The van der Waals surface area contributed by atoms with Crippen LogP contribution in [0.2, 0.25) is 0 Å². The van der Waals surface area contributed by atoms with Crippen LogP contribution in [0.5, 0.6) is 0 Å². The molecule has 0 amide bonds. The molecule has 2 aromatic rings. The van der Waals surface area contributed by atoms with Crippen molar-refractivity contribution in [1.82, 2.24) is 4.98 Å². The van der Waals surface area contributed by atoms with Crippen LogP contribution in [-0.2, 0) is 5.75 Å². The van der Waals surface area contributed by atoms with Gasteiger partial charge in [0, 0.05) is 21.3 Å². The number of benzene rings is 1. The van der Waals surface area contributed by atoms with E-state index in [4.69, 9.17) is 5.11 Å². The van der Waals surface area contributed by atoms with Crippen LogP contribution < -0.4 is 0 Å². The quantitative estimate of drug-likeness (QED) is 0.845. The highest BCUT2D eigenvalue weighted by Gasteiger charge is 2.08. The summed E-state index contributed by atoms with van der Waals surface area (Å²) in [6.07, 6.45) is 0. The molecule has 1 N–H and O–H groups in total. The van der Waals surface area contributed by atoms with Crippen LogP contribution in [0.3, 0.4) is 0 Å². The molecule has 6 heteroatoms. The molecule has 0 aliphatic heterocycles. The number of hydrogen-bond acceptors (Lipinski definition) is 4. The molecule has 0 unspecified atom stereocenters. The third-order valence-corrected chi connectivity index (χ3v) is 5.17. The van der Waals surface area contributed by atoms with Crippen LogP contribution in [0.25, 0.3) is 0 Å². The predicted molar refractivity (Wildman–Crippen MR) is 77.5 cm³/mol. The van der Waals surface area contributed by atoms with Crippen LogP contribution in [0.1, 0.15) is 21.6 Å². The van der Waals surface area contributed by atoms with Gasteiger partial charge in [0.15, 0.2) is 0 Å². The monoisotopic (exact) mass is 343 g/mol. The van der Waals surface area contributed by atoms with E-state index in [1.54, 1.807) is 35.2 Å². The number of carboxylic acids is 1. The highest BCUT2D eigenvalue weighted by Crippen LogP contribution is 2.29. The Kier molecular flexibility index (Phi) is 4.42. The molecule has 0 fully saturated rings. The first-order chi connectivity index (χ1) is 8.56. The fourth-order valence-electron chi connectivity index (χ4n) is 1.34. The number of aryl methyl sites for hydroxylation is 1. The van der Waals surface area contributed by atoms with E-state index < -0.39 is 5.97 Å². The van der Waals surface area contributed by atoms with Gasteiger partial charge in [-0.05, 0) is 24.6 Å². The molecule has 0 aliphatic rings. The summed E-state index contributed by atoms with van der Waals surface area (Å²) in [6, 6.07) is 5.09. The highest BCUT2D eigenvalue weighted by molar-refractivity contribution is 9.10. The lowest BCUT2D eigenvalue weighted by molar-refractivity contribution is 0.0697. The van der Waals surface area contributed by atoms with Gasteiger partial charge in [0.25, 0.3) is 0 Å². The molecule has 0 radical (unpaired) electrons. The Balaban J connectivity index is 2.08. The molecular formula is C12H10BrNO2S2. The van der Waals surface area contributed by atoms with Gasteiger partial charge in [0.1, 0.15) is 4.34 Å². The molecule has 0 bridgehead atoms. The Labute approximate surface area is 121 Å². The van der Waals surface area contributed by atoms with Crippen molar-refractivity contribution in [2.24, 2.45) is 0 Å². The van der Waals surface area contributed by atoms with Crippen molar-refractivity contribution in [3.63, 3.8) is 0 Å². The maximum absolute atomic E-state index is 10.8. The van der Waals surface area contributed by atoms with E-state index >= 15 is 0 Å². The number of carbonyl (C=O) groups is 1. The van der Waals surface area contributed by atoms with Crippen LogP contribution in [0.4, 0.5) is 0 Å². The first kappa shape index (κ1) is 13.6. The van der Waals surface area contributed by atoms with Crippen molar-refractivity contribution in [3.8, 4) is 0 Å². The van der Waals surface area contributed by atoms with E-state index in [0.717, 1.165) is 25.8 Å². The summed E-state index contributed by atoms with van der Waals surface area (Å²) in [7, 11) is 0. The summed E-state index contributed by atoms with van der Waals surface area (Å²) >= 11 is 6.68. The summed E-state index contributed by atoms with van der Waals surface area (Å²) in [4.78, 5) is 15.2. The summed E-state index contributed by atoms with van der Waals surface area (Å²) in [6.45, 7) is 1.97. The second-order valence-corrected chi connectivity index (χ2v) is 6.59. The van der Waals surface area contributed by atoms with E-state index in [9.17, 15) is 4.79 Å². The van der Waals surface area contributed by atoms with Crippen LogP contribution in [-0.4, -0.2) is 16.1 Å². The number of thioether (sulfide) groups is 1. The van der Waals surface area contributed by atoms with Gasteiger partial charge in [-0.3, -0.25) is 0 Å². The largest absolute Gasteiger partial charge is 0.478 e. The van der Waals surface area contributed by atoms with E-state index in [2.05, 4.69) is 20.9 Å². The van der Waals surface area contributed by atoms with Crippen LogP contribution >= 0.6 is 39.0 Å². The fraction of sp³-hybridized carbons (Fsp3) is 0.167. The minimum atomic E-state index is -0.912. The lowest BCUT2D eigenvalue weighted by atomic mass is 10.1. The Morgan fingerprint density at radius 3 is 2.89 bits per heavy atom. The summed E-state index contributed by atoms with van der Waals surface area (Å²) in [5.41, 5.74) is 2.39. The van der Waals surface area contributed by atoms with E-state index in [1.165, 1.54) is 0 Å². The van der Waals surface area contributed by atoms with Gasteiger partial charge >= 0.3 is 5.97 Å². The molecule has 0 saturated carbocycles. The summed E-state index contributed by atoms with van der Waals surface area (Å²) in [5, 5.41) is 10.9. The molecule has 2 rings (SSSR count). The van der Waals surface area contributed by atoms with Gasteiger partial charge in [-0.2, -0.15) is 0 Å². The standard InChI is InChI=1S/C12H10BrNO2S2/c1-7-5-17-12(14-7)18-6-9-3-2-8(11(15)16)4-10(9)13/h2-5H,6H2,1H3,(H,15,16). The minimum Gasteiger partial charge on any atom is -0.478 e. The molecule has 0 aliphatic carbocycles. The number of hydrogen-bond donors (Lipinski definition) is 1. The smallest absolute Gasteiger partial charge is 0.335 e. The lowest BCUT2D eigenvalue weighted by Gasteiger charge is -2.04. The maximum Gasteiger partial charge on any atom is 0.335 e. The molecule has 0 atom stereocenters. The van der Waals surface area contributed by atoms with E-state index in [1.807, 2.05) is 18.4 Å². The Morgan fingerprint density at radius 1 is 1.56 bits per heavy atom. The molecule has 0 spiro atoms. The molecule has 3 nitrogen and oxygen atoms in total. The fourth-order valence-corrected chi connectivity index (χ4v) is 3.89. The topological polar surface area (TPSA) is 50.2 Å². The second kappa shape index (κ2) is 5.86. The van der Waals surface area contributed by atoms with Crippen molar-refractivity contribution >= 4 is 45.0 Å². The number of thiazole rings is 1. The first-order valence-electron chi connectivity index (χ1n) is 5.13. The number of aromatic nitrogens is 1. The number of halogens is 1. The molecule has 1 aromatic heterocycles. The van der Waals surface area contributed by atoms with Gasteiger partial charge in [-0.1, -0.05) is 33.8 Å². The van der Waals surface area contributed by atoms with Crippen molar-refractivity contribution in [3.05, 3.63) is 44.9 Å². The van der Waals surface area contributed by atoms with Gasteiger partial charge in [0.2, 0.25) is 0 Å². The second-order valence-electron chi connectivity index (χ2n) is 3.65. The van der Waals surface area contributed by atoms with Gasteiger partial charge in [-0.15, -0.1) is 11.3 Å². The average Bonchev–Trinajstić information content (AvgIpc) is 2.73. The molecular weight excluding hydrogens is 334 g/mol. The van der Waals surface area contributed by atoms with Crippen LogP contribution in [0, 0.1) is 6.92 Å². The molecule has 1 heterocycles. The van der Waals surface area contributed by atoms with Crippen molar-refractivity contribution < 1.29 is 9.90 Å². The van der Waals surface area contributed by atoms with Gasteiger partial charge in [-0.25, -0.2) is 9.78 Å². The zero-order chi connectivity index (χ0) is 13.1. The molecule has 18 heavy (non-hydrogen) atoms. The third-order valence-electron chi connectivity index (χ3n) is 2.25. The molecule has 0 saturated heterocycles. The van der Waals surface area contributed by atoms with Crippen molar-refractivity contribution in [2.75, 3.05) is 0 Å². The zero-order valence-electron chi connectivity index (χ0n) is 9.51. The Morgan fingerprint density at radius 2 is 2.33 bits per heavy atom. The average molecular weight is 344 g/mol. The maximum atomic E-state index is 10.8. The van der Waals surface area contributed by atoms with Crippen molar-refractivity contribution in [2.45, 2.75) is 17.0 Å². The van der Waals surface area contributed by atoms with Gasteiger partial charge < -0.3 is 5.11 Å². The van der Waals surface area contributed by atoms with E-state index in [-0.39, 0.29) is 0 Å². The van der Waals surface area contributed by atoms with E-state index in [0.29, 0.717) is 5.56 Å². The first-order valence-corrected chi connectivity index (χ1v) is 7.79. The number of carboxylic acid groups (broad SMARTS) is 1. The SMILES string of the molecule is Cc1csc(SCc2ccc(C(=O)O)cc2Br)n1. The third kappa shape index (κ3) is 3.34. The zero-order valence-corrected chi connectivity index (χ0v) is 12.7. The lowest BCUT2D eigenvalue weighted by Crippen LogP contribution is -1.96. The minimum absolute atomic E-state index is 0.292. The molecule has 1 aromatic carbocycles. The van der Waals surface area contributed by atoms with Gasteiger partial charge in [0.05, 0.1) is 5.56 Å². The Hall–Kier alpha value is -0.850. The molecule has 94 valence electrons. The van der Waals surface area contributed by atoms with Crippen LogP contribution in [0.15, 0.2) is 32.4 Å². The number of rotatable bonds is 4. The Bertz CT molecular complexity index is 583. The predicted octanol–water partition coefficient (Wildman–Crippen LogP) is 4.20. The summed E-state index contributed by atoms with van der Waals surface area (Å²) < 4.78 is 1.85.